The molecule has 0 amide bonds. The Bertz CT molecular complexity index is 185. The molecule has 0 radical (unpaired) electrons. The SMILES string of the molecule is CN1CCCC(CNCC(C)(O)CO)C1. The average molecular weight is 216 g/mol. The van der Waals surface area contributed by atoms with Crippen LogP contribution < -0.4 is 5.32 Å². The van der Waals surface area contributed by atoms with Crippen molar-refractivity contribution in [1.82, 2.24) is 10.2 Å². The first kappa shape index (κ1) is 12.9. The Balaban J connectivity index is 2.14. The van der Waals surface area contributed by atoms with E-state index < -0.39 is 5.60 Å². The Kier molecular flexibility index (Phi) is 4.99. The third-order valence-corrected chi connectivity index (χ3v) is 3.00. The molecule has 1 heterocycles. The normalized spacial score (nSPS) is 27.6. The largest absolute Gasteiger partial charge is 0.393 e. The van der Waals surface area contributed by atoms with Gasteiger partial charge in [-0.05, 0) is 45.8 Å². The predicted molar refractivity (Wildman–Crippen MR) is 60.8 cm³/mol. The number of likely N-dealkylation sites (tertiary alicyclic amines) is 1. The van der Waals surface area contributed by atoms with Gasteiger partial charge >= 0.3 is 0 Å². The number of aliphatic hydroxyl groups excluding tert-OH is 1. The minimum absolute atomic E-state index is 0.190. The fourth-order valence-corrected chi connectivity index (χ4v) is 2.04. The molecule has 0 aromatic heterocycles. The van der Waals surface area contributed by atoms with Gasteiger partial charge in [-0.3, -0.25) is 0 Å². The number of aliphatic hydroxyl groups is 2. The monoisotopic (exact) mass is 216 g/mol. The van der Waals surface area contributed by atoms with Gasteiger partial charge in [0.15, 0.2) is 0 Å². The number of hydrogen-bond donors (Lipinski definition) is 3. The third kappa shape index (κ3) is 4.93. The van der Waals surface area contributed by atoms with Crippen LogP contribution in [-0.4, -0.2) is 60.5 Å². The van der Waals surface area contributed by atoms with E-state index in [1.807, 2.05) is 0 Å². The second-order valence-corrected chi connectivity index (χ2v) is 5.06. The van der Waals surface area contributed by atoms with Gasteiger partial charge in [0.05, 0.1) is 12.2 Å². The van der Waals surface area contributed by atoms with E-state index in [1.54, 1.807) is 6.92 Å². The van der Waals surface area contributed by atoms with Gasteiger partial charge in [0.25, 0.3) is 0 Å². The second kappa shape index (κ2) is 5.80. The molecule has 0 saturated carbocycles. The lowest BCUT2D eigenvalue weighted by Crippen LogP contribution is -2.44. The summed E-state index contributed by atoms with van der Waals surface area (Å²) in [5.41, 5.74) is -0.986. The molecule has 0 aliphatic carbocycles. The molecule has 3 N–H and O–H groups in total. The van der Waals surface area contributed by atoms with Crippen molar-refractivity contribution in [2.75, 3.05) is 39.8 Å². The maximum absolute atomic E-state index is 9.58. The molecule has 1 saturated heterocycles. The average Bonchev–Trinajstić information content (AvgIpc) is 2.18. The maximum atomic E-state index is 9.58. The molecule has 0 aromatic rings. The van der Waals surface area contributed by atoms with Crippen LogP contribution in [0.2, 0.25) is 0 Å². The van der Waals surface area contributed by atoms with Crippen LogP contribution >= 0.6 is 0 Å². The molecule has 0 bridgehead atoms. The van der Waals surface area contributed by atoms with Crippen molar-refractivity contribution in [3.63, 3.8) is 0 Å². The van der Waals surface area contributed by atoms with Crippen LogP contribution in [0.3, 0.4) is 0 Å². The van der Waals surface area contributed by atoms with Gasteiger partial charge in [-0.2, -0.15) is 0 Å². The van der Waals surface area contributed by atoms with Crippen LogP contribution in [-0.2, 0) is 0 Å². The van der Waals surface area contributed by atoms with Crippen molar-refractivity contribution >= 4 is 0 Å². The number of nitrogens with zero attached hydrogens (tertiary/aromatic N) is 1. The summed E-state index contributed by atoms with van der Waals surface area (Å²) < 4.78 is 0. The Morgan fingerprint density at radius 1 is 1.53 bits per heavy atom. The zero-order valence-corrected chi connectivity index (χ0v) is 9.87. The summed E-state index contributed by atoms with van der Waals surface area (Å²) in [5, 5.41) is 21.7. The molecular formula is C11H24N2O2. The standard InChI is InChI=1S/C11H24N2O2/c1-11(15,9-14)8-12-6-10-4-3-5-13(2)7-10/h10,12,14-15H,3-9H2,1-2H3. The minimum atomic E-state index is -0.986. The number of hydrogen-bond acceptors (Lipinski definition) is 4. The van der Waals surface area contributed by atoms with Crippen LogP contribution in [0, 0.1) is 5.92 Å². The van der Waals surface area contributed by atoms with Crippen LogP contribution in [0.25, 0.3) is 0 Å². The molecule has 2 unspecified atom stereocenters. The van der Waals surface area contributed by atoms with Crippen molar-refractivity contribution in [1.29, 1.82) is 0 Å². The number of nitrogens with one attached hydrogen (secondary N) is 1. The molecule has 1 fully saturated rings. The quantitative estimate of drug-likeness (QED) is 0.588. The van der Waals surface area contributed by atoms with E-state index in [2.05, 4.69) is 17.3 Å². The fourth-order valence-electron chi connectivity index (χ4n) is 2.04. The summed E-state index contributed by atoms with van der Waals surface area (Å²) in [6.45, 7) is 5.18. The van der Waals surface area contributed by atoms with E-state index in [0.717, 1.165) is 13.1 Å². The molecule has 15 heavy (non-hydrogen) atoms. The summed E-state index contributed by atoms with van der Waals surface area (Å²) in [6.07, 6.45) is 2.53. The summed E-state index contributed by atoms with van der Waals surface area (Å²) in [7, 11) is 2.15. The van der Waals surface area contributed by atoms with Gasteiger partial charge in [0.1, 0.15) is 0 Å². The van der Waals surface area contributed by atoms with E-state index >= 15 is 0 Å². The summed E-state index contributed by atoms with van der Waals surface area (Å²) in [6, 6.07) is 0. The van der Waals surface area contributed by atoms with Gasteiger partial charge in [-0.15, -0.1) is 0 Å². The van der Waals surface area contributed by atoms with Crippen LogP contribution in [0.4, 0.5) is 0 Å². The van der Waals surface area contributed by atoms with Gasteiger partial charge in [-0.25, -0.2) is 0 Å². The summed E-state index contributed by atoms with van der Waals surface area (Å²) >= 11 is 0. The van der Waals surface area contributed by atoms with Crippen LogP contribution in [0.15, 0.2) is 0 Å². The zero-order chi connectivity index (χ0) is 11.3. The summed E-state index contributed by atoms with van der Waals surface area (Å²) in [5.74, 6) is 0.679. The molecule has 4 nitrogen and oxygen atoms in total. The van der Waals surface area contributed by atoms with Gasteiger partial charge in [0.2, 0.25) is 0 Å². The fraction of sp³-hybridized carbons (Fsp3) is 1.00. The highest BCUT2D eigenvalue weighted by Gasteiger charge is 2.20. The minimum Gasteiger partial charge on any atom is -0.393 e. The van der Waals surface area contributed by atoms with Crippen LogP contribution in [0.5, 0.6) is 0 Å². The molecule has 4 heteroatoms. The maximum Gasteiger partial charge on any atom is 0.0972 e. The van der Waals surface area contributed by atoms with Crippen molar-refractivity contribution in [2.45, 2.75) is 25.4 Å². The van der Waals surface area contributed by atoms with Crippen molar-refractivity contribution < 1.29 is 10.2 Å². The molecule has 1 aliphatic heterocycles. The van der Waals surface area contributed by atoms with E-state index in [1.165, 1.54) is 19.4 Å². The molecule has 1 rings (SSSR count). The summed E-state index contributed by atoms with van der Waals surface area (Å²) in [4.78, 5) is 2.35. The van der Waals surface area contributed by atoms with E-state index in [4.69, 9.17) is 5.11 Å². The molecule has 2 atom stereocenters. The van der Waals surface area contributed by atoms with Gasteiger partial charge in [0, 0.05) is 13.1 Å². The van der Waals surface area contributed by atoms with E-state index in [0.29, 0.717) is 12.5 Å². The first-order valence-corrected chi connectivity index (χ1v) is 5.76. The lowest BCUT2D eigenvalue weighted by molar-refractivity contribution is 0.00170. The Morgan fingerprint density at radius 3 is 2.87 bits per heavy atom. The highest BCUT2D eigenvalue weighted by molar-refractivity contribution is 4.77. The second-order valence-electron chi connectivity index (χ2n) is 5.06. The van der Waals surface area contributed by atoms with Gasteiger partial charge in [-0.1, -0.05) is 0 Å². The first-order valence-electron chi connectivity index (χ1n) is 5.76. The predicted octanol–water partition coefficient (Wildman–Crippen LogP) is -0.339. The lowest BCUT2D eigenvalue weighted by Gasteiger charge is -2.30. The highest BCUT2D eigenvalue weighted by atomic mass is 16.3. The smallest absolute Gasteiger partial charge is 0.0972 e. The van der Waals surface area contributed by atoms with E-state index in [9.17, 15) is 5.11 Å². The molecule has 0 aromatic carbocycles. The van der Waals surface area contributed by atoms with Crippen molar-refractivity contribution in [3.8, 4) is 0 Å². The molecule has 0 spiro atoms. The van der Waals surface area contributed by atoms with Crippen molar-refractivity contribution in [3.05, 3.63) is 0 Å². The van der Waals surface area contributed by atoms with Crippen LogP contribution in [0.1, 0.15) is 19.8 Å². The van der Waals surface area contributed by atoms with Gasteiger partial charge < -0.3 is 20.4 Å². The highest BCUT2D eigenvalue weighted by Crippen LogP contribution is 2.14. The Hall–Kier alpha value is -0.160. The number of rotatable bonds is 5. The Labute approximate surface area is 92.3 Å². The topological polar surface area (TPSA) is 55.7 Å². The molecule has 90 valence electrons. The van der Waals surface area contributed by atoms with Crippen molar-refractivity contribution in [2.24, 2.45) is 5.92 Å². The first-order chi connectivity index (χ1) is 7.03. The third-order valence-electron chi connectivity index (χ3n) is 3.00. The number of piperidine rings is 1. The molecular weight excluding hydrogens is 192 g/mol. The Morgan fingerprint density at radius 2 is 2.27 bits per heavy atom. The zero-order valence-electron chi connectivity index (χ0n) is 9.87. The molecule has 1 aliphatic rings. The lowest BCUT2D eigenvalue weighted by atomic mass is 9.98. The van der Waals surface area contributed by atoms with E-state index in [-0.39, 0.29) is 6.61 Å².